The van der Waals surface area contributed by atoms with E-state index in [2.05, 4.69) is 15.5 Å². The van der Waals surface area contributed by atoms with Crippen LogP contribution in [0.15, 0.2) is 22.7 Å². The number of hydrogen-bond acceptors (Lipinski definition) is 5. The van der Waals surface area contributed by atoms with Crippen molar-refractivity contribution in [2.45, 2.75) is 39.3 Å². The average molecular weight is 378 g/mol. The largest absolute Gasteiger partial charge is 0.348 e. The van der Waals surface area contributed by atoms with Gasteiger partial charge < -0.3 is 14.7 Å². The van der Waals surface area contributed by atoms with Crippen LogP contribution in [0.4, 0.5) is 8.78 Å². The van der Waals surface area contributed by atoms with E-state index in [1.165, 1.54) is 6.07 Å². The summed E-state index contributed by atoms with van der Waals surface area (Å²) in [7, 11) is 0. The highest BCUT2D eigenvalue weighted by molar-refractivity contribution is 5.89. The van der Waals surface area contributed by atoms with Crippen LogP contribution in [-0.4, -0.2) is 38.9 Å². The molecule has 27 heavy (non-hydrogen) atoms. The zero-order valence-corrected chi connectivity index (χ0v) is 15.3. The van der Waals surface area contributed by atoms with E-state index >= 15 is 0 Å². The molecule has 2 aromatic rings. The van der Waals surface area contributed by atoms with E-state index in [1.807, 2.05) is 20.8 Å². The molecule has 1 aliphatic heterocycles. The minimum absolute atomic E-state index is 0.0699. The van der Waals surface area contributed by atoms with Crippen molar-refractivity contribution in [3.8, 4) is 11.5 Å². The number of amides is 2. The standard InChI is InChI=1S/C18H20F2N4O3/c1-18(2,3)24-9-10(7-14(24)25)16(26)21-8-13-22-17(27-23-13)15-11(19)5-4-6-12(15)20/h4-6,10H,7-9H2,1-3H3,(H,21,26). The molecule has 0 saturated carbocycles. The molecule has 9 heteroatoms. The maximum atomic E-state index is 13.8. The molecule has 0 bridgehead atoms. The number of nitrogens with zero attached hydrogens (tertiary/aromatic N) is 3. The fourth-order valence-electron chi connectivity index (χ4n) is 2.97. The summed E-state index contributed by atoms with van der Waals surface area (Å²) in [5, 5.41) is 6.27. The van der Waals surface area contributed by atoms with Crippen LogP contribution in [-0.2, 0) is 16.1 Å². The number of carbonyl (C=O) groups is 2. The molecule has 1 aromatic heterocycles. The van der Waals surface area contributed by atoms with Gasteiger partial charge in [-0.3, -0.25) is 9.59 Å². The second-order valence-electron chi connectivity index (χ2n) is 7.41. The number of rotatable bonds is 4. The highest BCUT2D eigenvalue weighted by Crippen LogP contribution is 2.26. The van der Waals surface area contributed by atoms with Gasteiger partial charge in [-0.05, 0) is 32.9 Å². The first-order valence-electron chi connectivity index (χ1n) is 8.52. The van der Waals surface area contributed by atoms with E-state index in [4.69, 9.17) is 4.52 Å². The maximum absolute atomic E-state index is 13.8. The van der Waals surface area contributed by atoms with Gasteiger partial charge in [0.15, 0.2) is 5.82 Å². The second kappa shape index (κ2) is 7.05. The normalized spacial score (nSPS) is 17.4. The molecule has 1 aliphatic rings. The zero-order chi connectivity index (χ0) is 19.8. The third-order valence-electron chi connectivity index (χ3n) is 4.37. The van der Waals surface area contributed by atoms with Gasteiger partial charge in [-0.1, -0.05) is 11.2 Å². The van der Waals surface area contributed by atoms with Crippen LogP contribution in [0.3, 0.4) is 0 Å². The second-order valence-corrected chi connectivity index (χ2v) is 7.41. The van der Waals surface area contributed by atoms with Crippen LogP contribution in [0.5, 0.6) is 0 Å². The number of aromatic nitrogens is 2. The van der Waals surface area contributed by atoms with Crippen molar-refractivity contribution in [2.24, 2.45) is 5.92 Å². The number of nitrogens with one attached hydrogen (secondary N) is 1. The number of halogens is 2. The molecular formula is C18H20F2N4O3. The summed E-state index contributed by atoms with van der Waals surface area (Å²) in [5.41, 5.74) is -0.761. The first-order chi connectivity index (χ1) is 12.7. The van der Waals surface area contributed by atoms with Crippen LogP contribution < -0.4 is 5.32 Å². The summed E-state index contributed by atoms with van der Waals surface area (Å²) in [5.74, 6) is -2.70. The summed E-state index contributed by atoms with van der Waals surface area (Å²) >= 11 is 0. The zero-order valence-electron chi connectivity index (χ0n) is 15.3. The van der Waals surface area contributed by atoms with Gasteiger partial charge >= 0.3 is 0 Å². The quantitative estimate of drug-likeness (QED) is 0.882. The molecule has 1 atom stereocenters. The third kappa shape index (κ3) is 3.96. The molecule has 1 aromatic carbocycles. The molecule has 1 saturated heterocycles. The first-order valence-corrected chi connectivity index (χ1v) is 8.52. The molecule has 2 amide bonds. The van der Waals surface area contributed by atoms with Gasteiger partial charge in [0, 0.05) is 18.5 Å². The van der Waals surface area contributed by atoms with Gasteiger partial charge in [-0.15, -0.1) is 0 Å². The van der Waals surface area contributed by atoms with Crippen LogP contribution in [0, 0.1) is 17.6 Å². The molecule has 0 spiro atoms. The Morgan fingerprint density at radius 2 is 2.00 bits per heavy atom. The summed E-state index contributed by atoms with van der Waals surface area (Å²) in [6.45, 7) is 6.00. The van der Waals surface area contributed by atoms with E-state index in [0.29, 0.717) is 6.54 Å². The maximum Gasteiger partial charge on any atom is 0.263 e. The van der Waals surface area contributed by atoms with E-state index in [-0.39, 0.29) is 42.0 Å². The summed E-state index contributed by atoms with van der Waals surface area (Å²) in [6.07, 6.45) is 0.140. The summed E-state index contributed by atoms with van der Waals surface area (Å²) < 4.78 is 32.4. The van der Waals surface area contributed by atoms with Crippen molar-refractivity contribution in [3.63, 3.8) is 0 Å². The van der Waals surface area contributed by atoms with Crippen molar-refractivity contribution in [3.05, 3.63) is 35.7 Å². The predicted octanol–water partition coefficient (Wildman–Crippen LogP) is 2.28. The Bertz CT molecular complexity index is 855. The Morgan fingerprint density at radius 1 is 1.33 bits per heavy atom. The molecule has 1 fully saturated rings. The molecule has 3 rings (SSSR count). The summed E-state index contributed by atoms with van der Waals surface area (Å²) in [6, 6.07) is 3.40. The molecule has 2 heterocycles. The van der Waals surface area contributed by atoms with Crippen molar-refractivity contribution < 1.29 is 22.9 Å². The van der Waals surface area contributed by atoms with Gasteiger partial charge in [-0.2, -0.15) is 4.98 Å². The Kier molecular flexibility index (Phi) is 4.95. The molecule has 1 N–H and O–H groups in total. The Labute approximate surface area is 154 Å². The number of carbonyl (C=O) groups excluding carboxylic acids is 2. The van der Waals surface area contributed by atoms with Gasteiger partial charge in [0.25, 0.3) is 5.89 Å². The molecule has 0 aliphatic carbocycles. The van der Waals surface area contributed by atoms with Crippen molar-refractivity contribution in [1.82, 2.24) is 20.4 Å². The SMILES string of the molecule is CC(C)(C)N1CC(C(=O)NCc2noc(-c3c(F)cccc3F)n2)CC1=O. The van der Waals surface area contributed by atoms with E-state index in [9.17, 15) is 18.4 Å². The van der Waals surface area contributed by atoms with Gasteiger partial charge in [0.05, 0.1) is 12.5 Å². The highest BCUT2D eigenvalue weighted by atomic mass is 19.1. The Hall–Kier alpha value is -2.84. The van der Waals surface area contributed by atoms with Crippen LogP contribution in [0.1, 0.15) is 33.0 Å². The lowest BCUT2D eigenvalue weighted by atomic mass is 10.1. The Balaban J connectivity index is 1.62. The highest BCUT2D eigenvalue weighted by Gasteiger charge is 2.39. The van der Waals surface area contributed by atoms with Crippen molar-refractivity contribution in [1.29, 1.82) is 0 Å². The van der Waals surface area contributed by atoms with Gasteiger partial charge in [0.1, 0.15) is 17.2 Å². The van der Waals surface area contributed by atoms with E-state index in [0.717, 1.165) is 12.1 Å². The lowest BCUT2D eigenvalue weighted by molar-refractivity contribution is -0.132. The number of hydrogen-bond donors (Lipinski definition) is 1. The smallest absolute Gasteiger partial charge is 0.263 e. The van der Waals surface area contributed by atoms with Crippen LogP contribution in [0.2, 0.25) is 0 Å². The fourth-order valence-corrected chi connectivity index (χ4v) is 2.97. The Morgan fingerprint density at radius 3 is 2.59 bits per heavy atom. The van der Waals surface area contributed by atoms with Gasteiger partial charge in [-0.25, -0.2) is 8.78 Å². The molecule has 1 unspecified atom stereocenters. The van der Waals surface area contributed by atoms with Crippen molar-refractivity contribution >= 4 is 11.8 Å². The first kappa shape index (κ1) is 18.9. The van der Waals surface area contributed by atoms with E-state index < -0.39 is 23.1 Å². The number of likely N-dealkylation sites (tertiary alicyclic amines) is 1. The fraction of sp³-hybridized carbons (Fsp3) is 0.444. The monoisotopic (exact) mass is 378 g/mol. The lowest BCUT2D eigenvalue weighted by Gasteiger charge is -2.31. The van der Waals surface area contributed by atoms with Crippen molar-refractivity contribution in [2.75, 3.05) is 6.54 Å². The minimum Gasteiger partial charge on any atom is -0.348 e. The third-order valence-corrected chi connectivity index (χ3v) is 4.37. The topological polar surface area (TPSA) is 88.3 Å². The van der Waals surface area contributed by atoms with Crippen LogP contribution in [0.25, 0.3) is 11.5 Å². The minimum atomic E-state index is -0.819. The predicted molar refractivity (Wildman–Crippen MR) is 91.1 cm³/mol. The molecule has 0 radical (unpaired) electrons. The molecule has 144 valence electrons. The lowest BCUT2D eigenvalue weighted by Crippen LogP contribution is -2.43. The number of benzene rings is 1. The summed E-state index contributed by atoms with van der Waals surface area (Å²) in [4.78, 5) is 30.0. The average Bonchev–Trinajstić information content (AvgIpc) is 3.19. The van der Waals surface area contributed by atoms with E-state index in [1.54, 1.807) is 4.90 Å². The molecule has 7 nitrogen and oxygen atoms in total. The van der Waals surface area contributed by atoms with Gasteiger partial charge in [0.2, 0.25) is 11.8 Å². The molecular weight excluding hydrogens is 358 g/mol. The van der Waals surface area contributed by atoms with Crippen LogP contribution >= 0.6 is 0 Å².